The van der Waals surface area contributed by atoms with E-state index in [4.69, 9.17) is 0 Å². The minimum absolute atomic E-state index is 0.744. The van der Waals surface area contributed by atoms with Crippen LogP contribution in [0.15, 0.2) is 0 Å². The largest absolute Gasteiger partial charge is 0.316 e. The van der Waals surface area contributed by atoms with E-state index in [0.29, 0.717) is 0 Å². The zero-order chi connectivity index (χ0) is 12.8. The summed E-state index contributed by atoms with van der Waals surface area (Å²) < 4.78 is 0. The molecule has 1 heterocycles. The van der Waals surface area contributed by atoms with Crippen LogP contribution in [0.1, 0.15) is 51.9 Å². The van der Waals surface area contributed by atoms with Crippen molar-refractivity contribution in [3.8, 4) is 0 Å². The summed E-state index contributed by atoms with van der Waals surface area (Å²) in [4.78, 5) is 0. The zero-order valence-electron chi connectivity index (χ0n) is 12.0. The predicted molar refractivity (Wildman–Crippen MR) is 86.8 cm³/mol. The molecule has 2 rings (SSSR count). The number of thioether (sulfide) groups is 2. The third-order valence-corrected chi connectivity index (χ3v) is 8.03. The summed E-state index contributed by atoms with van der Waals surface area (Å²) in [6.07, 6.45) is 10.2. The SMILES string of the molecule is CCC1SCCSC1C(CCC1CCCC1)NC. The van der Waals surface area contributed by atoms with Gasteiger partial charge in [-0.2, -0.15) is 23.5 Å². The Hall–Kier alpha value is 0.660. The Kier molecular flexibility index (Phi) is 6.74. The number of nitrogens with one attached hydrogen (secondary N) is 1. The molecule has 1 N–H and O–H groups in total. The van der Waals surface area contributed by atoms with Crippen LogP contribution in [0.5, 0.6) is 0 Å². The Morgan fingerprint density at radius 2 is 1.89 bits per heavy atom. The van der Waals surface area contributed by atoms with Crippen LogP contribution in [0.25, 0.3) is 0 Å². The van der Waals surface area contributed by atoms with Crippen LogP contribution in [0.4, 0.5) is 0 Å². The summed E-state index contributed by atoms with van der Waals surface area (Å²) in [7, 11) is 2.17. The van der Waals surface area contributed by atoms with Gasteiger partial charge in [-0.25, -0.2) is 0 Å². The molecule has 2 aliphatic rings. The van der Waals surface area contributed by atoms with E-state index in [2.05, 4.69) is 42.8 Å². The molecule has 0 amide bonds. The molecule has 3 atom stereocenters. The maximum absolute atomic E-state index is 3.63. The second-order valence-electron chi connectivity index (χ2n) is 5.78. The Morgan fingerprint density at radius 3 is 2.56 bits per heavy atom. The van der Waals surface area contributed by atoms with Gasteiger partial charge in [-0.15, -0.1) is 0 Å². The first-order chi connectivity index (χ1) is 8.85. The quantitative estimate of drug-likeness (QED) is 0.787. The summed E-state index contributed by atoms with van der Waals surface area (Å²) in [5.41, 5.74) is 0. The average molecular weight is 288 g/mol. The Labute approximate surface area is 122 Å². The molecule has 3 unspecified atom stereocenters. The molecule has 2 fully saturated rings. The van der Waals surface area contributed by atoms with Gasteiger partial charge in [0.15, 0.2) is 0 Å². The lowest BCUT2D eigenvalue weighted by atomic mass is 9.95. The monoisotopic (exact) mass is 287 g/mol. The second-order valence-corrected chi connectivity index (χ2v) is 8.41. The normalized spacial score (nSPS) is 31.7. The molecule has 106 valence electrons. The van der Waals surface area contributed by atoms with Crippen molar-refractivity contribution >= 4 is 23.5 Å². The van der Waals surface area contributed by atoms with Crippen molar-refractivity contribution in [2.75, 3.05) is 18.6 Å². The molecule has 1 aliphatic heterocycles. The van der Waals surface area contributed by atoms with E-state index in [1.54, 1.807) is 0 Å². The lowest BCUT2D eigenvalue weighted by Gasteiger charge is -2.36. The highest BCUT2D eigenvalue weighted by atomic mass is 32.2. The Bertz CT molecular complexity index is 229. The van der Waals surface area contributed by atoms with Crippen molar-refractivity contribution in [1.29, 1.82) is 0 Å². The molecule has 0 spiro atoms. The average Bonchev–Trinajstić information content (AvgIpc) is 2.93. The van der Waals surface area contributed by atoms with Gasteiger partial charge in [0.25, 0.3) is 0 Å². The van der Waals surface area contributed by atoms with Gasteiger partial charge in [0.05, 0.1) is 0 Å². The minimum Gasteiger partial charge on any atom is -0.316 e. The molecule has 0 bridgehead atoms. The van der Waals surface area contributed by atoms with E-state index in [9.17, 15) is 0 Å². The highest BCUT2D eigenvalue weighted by Crippen LogP contribution is 2.37. The van der Waals surface area contributed by atoms with Crippen LogP contribution in [0.2, 0.25) is 0 Å². The summed E-state index contributed by atoms with van der Waals surface area (Å²) in [5, 5.41) is 5.35. The fourth-order valence-corrected chi connectivity index (χ4v) is 6.84. The van der Waals surface area contributed by atoms with Crippen LogP contribution >= 0.6 is 23.5 Å². The molecule has 18 heavy (non-hydrogen) atoms. The minimum atomic E-state index is 0.744. The maximum Gasteiger partial charge on any atom is 0.0320 e. The van der Waals surface area contributed by atoms with Crippen LogP contribution in [0, 0.1) is 5.92 Å². The molecule has 0 aromatic carbocycles. The van der Waals surface area contributed by atoms with Gasteiger partial charge in [-0.1, -0.05) is 32.6 Å². The predicted octanol–water partition coefficient (Wildman–Crippen LogP) is 4.17. The van der Waals surface area contributed by atoms with Gasteiger partial charge in [0.2, 0.25) is 0 Å². The van der Waals surface area contributed by atoms with Gasteiger partial charge >= 0.3 is 0 Å². The van der Waals surface area contributed by atoms with Crippen molar-refractivity contribution in [2.45, 2.75) is 68.4 Å². The van der Waals surface area contributed by atoms with E-state index < -0.39 is 0 Å². The van der Waals surface area contributed by atoms with Gasteiger partial charge in [-0.05, 0) is 32.2 Å². The van der Waals surface area contributed by atoms with Gasteiger partial charge in [0, 0.05) is 28.0 Å². The van der Waals surface area contributed by atoms with Crippen molar-refractivity contribution in [3.05, 3.63) is 0 Å². The molecular weight excluding hydrogens is 258 g/mol. The highest BCUT2D eigenvalue weighted by Gasteiger charge is 2.31. The molecular formula is C15H29NS2. The molecule has 1 saturated carbocycles. The molecule has 1 aliphatic carbocycles. The number of hydrogen-bond donors (Lipinski definition) is 1. The van der Waals surface area contributed by atoms with E-state index in [1.165, 1.54) is 56.5 Å². The van der Waals surface area contributed by atoms with Crippen molar-refractivity contribution < 1.29 is 0 Å². The summed E-state index contributed by atoms with van der Waals surface area (Å²) in [6, 6.07) is 0.744. The van der Waals surface area contributed by atoms with Crippen molar-refractivity contribution in [1.82, 2.24) is 5.32 Å². The van der Waals surface area contributed by atoms with Crippen LogP contribution in [-0.2, 0) is 0 Å². The summed E-state index contributed by atoms with van der Waals surface area (Å²) in [6.45, 7) is 2.36. The highest BCUT2D eigenvalue weighted by molar-refractivity contribution is 8.07. The third-order valence-electron chi connectivity index (χ3n) is 4.62. The topological polar surface area (TPSA) is 12.0 Å². The first kappa shape index (κ1) is 15.1. The van der Waals surface area contributed by atoms with Crippen LogP contribution in [-0.4, -0.2) is 35.1 Å². The summed E-state index contributed by atoms with van der Waals surface area (Å²) >= 11 is 4.44. The molecule has 0 radical (unpaired) electrons. The summed E-state index contributed by atoms with van der Waals surface area (Å²) in [5.74, 6) is 3.76. The lowest BCUT2D eigenvalue weighted by molar-refractivity contribution is 0.407. The van der Waals surface area contributed by atoms with E-state index in [-0.39, 0.29) is 0 Å². The van der Waals surface area contributed by atoms with Crippen LogP contribution in [0.3, 0.4) is 0 Å². The van der Waals surface area contributed by atoms with E-state index >= 15 is 0 Å². The molecule has 0 aromatic heterocycles. The van der Waals surface area contributed by atoms with Gasteiger partial charge in [-0.3, -0.25) is 0 Å². The maximum atomic E-state index is 3.63. The van der Waals surface area contributed by atoms with Crippen LogP contribution < -0.4 is 5.32 Å². The first-order valence-electron chi connectivity index (χ1n) is 7.75. The van der Waals surface area contributed by atoms with E-state index in [1.807, 2.05) is 0 Å². The number of hydrogen-bond acceptors (Lipinski definition) is 3. The number of rotatable bonds is 6. The fraction of sp³-hybridized carbons (Fsp3) is 1.00. The van der Waals surface area contributed by atoms with Crippen molar-refractivity contribution in [3.63, 3.8) is 0 Å². The fourth-order valence-electron chi connectivity index (χ4n) is 3.50. The second kappa shape index (κ2) is 8.06. The smallest absolute Gasteiger partial charge is 0.0320 e. The standard InChI is InChI=1S/C15H29NS2/c1-3-14-15(18-11-10-17-14)13(16-2)9-8-12-6-4-5-7-12/h12-16H,3-11H2,1-2H3. The third kappa shape index (κ3) is 4.08. The molecule has 0 aromatic rings. The van der Waals surface area contributed by atoms with Crippen molar-refractivity contribution in [2.24, 2.45) is 5.92 Å². The Balaban J connectivity index is 1.81. The Morgan fingerprint density at radius 1 is 1.17 bits per heavy atom. The van der Waals surface area contributed by atoms with E-state index in [0.717, 1.165) is 22.5 Å². The first-order valence-corrected chi connectivity index (χ1v) is 9.85. The molecule has 3 heteroatoms. The molecule has 1 nitrogen and oxygen atoms in total. The van der Waals surface area contributed by atoms with Gasteiger partial charge in [0.1, 0.15) is 0 Å². The molecule has 1 saturated heterocycles. The zero-order valence-corrected chi connectivity index (χ0v) is 13.6. The van der Waals surface area contributed by atoms with Gasteiger partial charge < -0.3 is 5.32 Å². The lowest BCUT2D eigenvalue weighted by Crippen LogP contribution is -2.43.